The van der Waals surface area contributed by atoms with E-state index in [-0.39, 0.29) is 6.04 Å². The van der Waals surface area contributed by atoms with Gasteiger partial charge in [-0.15, -0.1) is 0 Å². The molecule has 1 unspecified atom stereocenters. The van der Waals surface area contributed by atoms with E-state index in [1.54, 1.807) is 6.26 Å². The monoisotopic (exact) mass is 293 g/mol. The molecular weight excluding hydrogens is 274 g/mol. The van der Waals surface area contributed by atoms with Crippen molar-refractivity contribution in [1.29, 1.82) is 0 Å². The highest BCUT2D eigenvalue weighted by molar-refractivity contribution is 6.30. The van der Waals surface area contributed by atoms with E-state index in [0.29, 0.717) is 6.01 Å². The predicted molar refractivity (Wildman–Crippen MR) is 82.2 cm³/mol. The van der Waals surface area contributed by atoms with Crippen LogP contribution in [0.4, 0.5) is 6.01 Å². The number of nitrogens with one attached hydrogen (secondary N) is 1. The molecule has 108 valence electrons. The molecule has 0 spiro atoms. The lowest BCUT2D eigenvalue weighted by molar-refractivity contribution is 0.525. The smallest absolute Gasteiger partial charge is 0.297 e. The van der Waals surface area contributed by atoms with Crippen LogP contribution in [-0.4, -0.2) is 18.6 Å². The number of benzene rings is 1. The quantitative estimate of drug-likeness (QED) is 0.883. The zero-order valence-electron chi connectivity index (χ0n) is 12.1. The molecule has 0 amide bonds. The van der Waals surface area contributed by atoms with Crippen LogP contribution in [0.25, 0.3) is 0 Å². The number of halogens is 1. The minimum absolute atomic E-state index is 0.138. The molecule has 0 saturated carbocycles. The molecule has 1 N–H and O–H groups in total. The lowest BCUT2D eigenvalue weighted by atomic mass is 10.1. The number of aromatic nitrogens is 1. The molecule has 5 heteroatoms. The summed E-state index contributed by atoms with van der Waals surface area (Å²) in [4.78, 5) is 6.48. The summed E-state index contributed by atoms with van der Waals surface area (Å²) in [6.45, 7) is 5.80. The van der Waals surface area contributed by atoms with Gasteiger partial charge in [-0.05, 0) is 31.2 Å². The Labute approximate surface area is 124 Å². The first kappa shape index (κ1) is 14.9. The van der Waals surface area contributed by atoms with Crippen LogP contribution < -0.4 is 10.2 Å². The minimum atomic E-state index is 0.138. The van der Waals surface area contributed by atoms with Crippen molar-refractivity contribution in [1.82, 2.24) is 10.3 Å². The fourth-order valence-corrected chi connectivity index (χ4v) is 2.15. The zero-order chi connectivity index (χ0) is 14.5. The molecule has 0 fully saturated rings. The fourth-order valence-electron chi connectivity index (χ4n) is 1.95. The Hall–Kier alpha value is -1.52. The highest BCUT2D eigenvalue weighted by atomic mass is 35.5. The van der Waals surface area contributed by atoms with Gasteiger partial charge in [-0.25, -0.2) is 0 Å². The number of oxazole rings is 1. The molecular formula is C15H20ClN3O. The third kappa shape index (κ3) is 3.52. The van der Waals surface area contributed by atoms with Crippen LogP contribution in [0.5, 0.6) is 0 Å². The van der Waals surface area contributed by atoms with Crippen molar-refractivity contribution in [2.45, 2.75) is 26.4 Å². The molecule has 1 atom stereocenters. The first-order valence-corrected chi connectivity index (χ1v) is 7.13. The summed E-state index contributed by atoms with van der Waals surface area (Å²) in [7, 11) is 1.97. The summed E-state index contributed by atoms with van der Waals surface area (Å²) in [6, 6.07) is 8.59. The van der Waals surface area contributed by atoms with Crippen molar-refractivity contribution in [2.24, 2.45) is 0 Å². The van der Waals surface area contributed by atoms with Crippen molar-refractivity contribution in [3.63, 3.8) is 0 Å². The molecule has 1 aromatic carbocycles. The summed E-state index contributed by atoms with van der Waals surface area (Å²) < 4.78 is 5.54. The van der Waals surface area contributed by atoms with Crippen LogP contribution in [-0.2, 0) is 6.54 Å². The molecule has 1 heterocycles. The zero-order valence-corrected chi connectivity index (χ0v) is 12.8. The summed E-state index contributed by atoms with van der Waals surface area (Å²) in [6.07, 6.45) is 1.69. The van der Waals surface area contributed by atoms with E-state index < -0.39 is 0 Å². The second-order valence-electron chi connectivity index (χ2n) is 4.74. The fraction of sp³-hybridized carbons (Fsp3) is 0.400. The topological polar surface area (TPSA) is 41.3 Å². The van der Waals surface area contributed by atoms with Gasteiger partial charge in [0.05, 0.1) is 11.7 Å². The summed E-state index contributed by atoms with van der Waals surface area (Å²) in [5.41, 5.74) is 2.04. The number of rotatable bonds is 6. The lowest BCUT2D eigenvalue weighted by Crippen LogP contribution is -2.22. The van der Waals surface area contributed by atoms with Crippen LogP contribution in [0.1, 0.15) is 31.1 Å². The Bertz CT molecular complexity index is 556. The van der Waals surface area contributed by atoms with Gasteiger partial charge in [-0.2, -0.15) is 4.98 Å². The standard InChI is InChI=1S/C15H20ClN3O/c1-4-17-9-14-10-20-15(18-14)19(3)11(2)12-6-5-7-13(16)8-12/h5-8,10-11,17H,4,9H2,1-3H3. The van der Waals surface area contributed by atoms with Gasteiger partial charge in [0, 0.05) is 18.6 Å². The summed E-state index contributed by atoms with van der Waals surface area (Å²) >= 11 is 6.04. The van der Waals surface area contributed by atoms with E-state index in [1.165, 1.54) is 0 Å². The highest BCUT2D eigenvalue weighted by Crippen LogP contribution is 2.26. The molecule has 20 heavy (non-hydrogen) atoms. The molecule has 2 aromatic rings. The molecule has 0 aliphatic carbocycles. The van der Waals surface area contributed by atoms with Gasteiger partial charge in [-0.1, -0.05) is 30.7 Å². The molecule has 0 saturated heterocycles. The maximum atomic E-state index is 6.04. The number of hydrogen-bond acceptors (Lipinski definition) is 4. The minimum Gasteiger partial charge on any atom is -0.432 e. The van der Waals surface area contributed by atoms with Crippen LogP contribution in [0, 0.1) is 0 Å². The van der Waals surface area contributed by atoms with Crippen molar-refractivity contribution in [3.8, 4) is 0 Å². The molecule has 4 nitrogen and oxygen atoms in total. The molecule has 2 rings (SSSR count). The molecule has 1 aromatic heterocycles. The van der Waals surface area contributed by atoms with Gasteiger partial charge < -0.3 is 14.6 Å². The van der Waals surface area contributed by atoms with Crippen molar-refractivity contribution in [2.75, 3.05) is 18.5 Å². The van der Waals surface area contributed by atoms with Crippen molar-refractivity contribution >= 4 is 17.6 Å². The maximum Gasteiger partial charge on any atom is 0.297 e. The second kappa shape index (κ2) is 6.77. The third-order valence-corrected chi connectivity index (χ3v) is 3.54. The molecule has 0 radical (unpaired) electrons. The van der Waals surface area contributed by atoms with Crippen LogP contribution in [0.2, 0.25) is 5.02 Å². The first-order valence-electron chi connectivity index (χ1n) is 6.75. The van der Waals surface area contributed by atoms with Crippen LogP contribution in [0.15, 0.2) is 34.9 Å². The van der Waals surface area contributed by atoms with Gasteiger partial charge >= 0.3 is 0 Å². The molecule has 0 bridgehead atoms. The van der Waals surface area contributed by atoms with Gasteiger partial charge in [-0.3, -0.25) is 0 Å². The number of hydrogen-bond donors (Lipinski definition) is 1. The number of anilines is 1. The van der Waals surface area contributed by atoms with Gasteiger partial charge in [0.2, 0.25) is 0 Å². The van der Waals surface area contributed by atoms with E-state index in [0.717, 1.165) is 29.4 Å². The average Bonchev–Trinajstić information content (AvgIpc) is 2.92. The van der Waals surface area contributed by atoms with E-state index >= 15 is 0 Å². The van der Waals surface area contributed by atoms with E-state index in [1.807, 2.05) is 30.1 Å². The largest absolute Gasteiger partial charge is 0.432 e. The molecule has 0 aliphatic heterocycles. The Morgan fingerprint density at radius 3 is 2.95 bits per heavy atom. The summed E-state index contributed by atoms with van der Waals surface area (Å²) in [5.74, 6) is 0. The Kier molecular flexibility index (Phi) is 5.04. The SMILES string of the molecule is CCNCc1coc(N(C)C(C)c2cccc(Cl)c2)n1. The Morgan fingerprint density at radius 2 is 2.25 bits per heavy atom. The van der Waals surface area contributed by atoms with Gasteiger partial charge in [0.1, 0.15) is 6.26 Å². The van der Waals surface area contributed by atoms with Crippen molar-refractivity contribution < 1.29 is 4.42 Å². The first-order chi connectivity index (χ1) is 9.61. The molecule has 0 aliphatic rings. The average molecular weight is 294 g/mol. The van der Waals surface area contributed by atoms with Gasteiger partial charge in [0.15, 0.2) is 0 Å². The normalized spacial score (nSPS) is 12.4. The second-order valence-corrected chi connectivity index (χ2v) is 5.18. The van der Waals surface area contributed by atoms with E-state index in [2.05, 4.69) is 30.2 Å². The highest BCUT2D eigenvalue weighted by Gasteiger charge is 2.17. The Balaban J connectivity index is 2.10. The maximum absolute atomic E-state index is 6.04. The lowest BCUT2D eigenvalue weighted by Gasteiger charge is -2.23. The van der Waals surface area contributed by atoms with Crippen molar-refractivity contribution in [3.05, 3.63) is 46.8 Å². The van der Waals surface area contributed by atoms with E-state index in [9.17, 15) is 0 Å². The third-order valence-electron chi connectivity index (χ3n) is 3.31. The predicted octanol–water partition coefficient (Wildman–Crippen LogP) is 3.63. The Morgan fingerprint density at radius 1 is 1.45 bits per heavy atom. The number of nitrogens with zero attached hydrogens (tertiary/aromatic N) is 2. The summed E-state index contributed by atoms with van der Waals surface area (Å²) in [5, 5.41) is 3.97. The van der Waals surface area contributed by atoms with Crippen LogP contribution >= 0.6 is 11.6 Å². The van der Waals surface area contributed by atoms with E-state index in [4.69, 9.17) is 16.0 Å². The van der Waals surface area contributed by atoms with Gasteiger partial charge in [0.25, 0.3) is 6.01 Å². The van der Waals surface area contributed by atoms with Crippen LogP contribution in [0.3, 0.4) is 0 Å².